The Morgan fingerprint density at radius 2 is 0.923 bits per heavy atom. The van der Waals surface area contributed by atoms with Crippen molar-refractivity contribution in [2.24, 2.45) is 0 Å². The molecule has 0 spiro atoms. The molecule has 1 aromatic rings. The van der Waals surface area contributed by atoms with Gasteiger partial charge >= 0.3 is 41.8 Å². The second-order valence-electron chi connectivity index (χ2n) is 11.5. The third-order valence-electron chi connectivity index (χ3n) is 7.26. The van der Waals surface area contributed by atoms with Crippen molar-refractivity contribution in [3.63, 3.8) is 0 Å². The molecule has 3 rings (SSSR count). The van der Waals surface area contributed by atoms with Gasteiger partial charge in [-0.3, -0.25) is 33.6 Å². The Bertz CT molecular complexity index is 1590. The van der Waals surface area contributed by atoms with Crippen LogP contribution in [-0.2, 0) is 90.8 Å². The van der Waals surface area contributed by atoms with E-state index in [9.17, 15) is 42.0 Å². The van der Waals surface area contributed by atoms with E-state index in [4.69, 9.17) is 47.4 Å². The van der Waals surface area contributed by atoms with Crippen molar-refractivity contribution in [3.05, 3.63) is 30.3 Å². The summed E-state index contributed by atoms with van der Waals surface area (Å²) in [6, 6.07) is 6.88. The van der Waals surface area contributed by atoms with Gasteiger partial charge in [-0.05, 0) is 12.1 Å². The molecule has 2 saturated heterocycles. The van der Waals surface area contributed by atoms with Crippen molar-refractivity contribution in [2.75, 3.05) is 13.2 Å². The van der Waals surface area contributed by atoms with E-state index in [1.165, 1.54) is 24.3 Å². The van der Waals surface area contributed by atoms with Crippen LogP contribution in [0.3, 0.4) is 0 Å². The van der Waals surface area contributed by atoms with Crippen LogP contribution < -0.4 is 0 Å². The van der Waals surface area contributed by atoms with Crippen LogP contribution in [0.25, 0.3) is 0 Å². The molecule has 288 valence electrons. The molecule has 0 bridgehead atoms. The third-order valence-corrected chi connectivity index (χ3v) is 9.18. The van der Waals surface area contributed by atoms with E-state index in [-0.39, 0.29) is 4.90 Å². The van der Waals surface area contributed by atoms with E-state index in [0.717, 1.165) is 48.5 Å². The van der Waals surface area contributed by atoms with Gasteiger partial charge in [-0.25, -0.2) is 8.42 Å². The van der Waals surface area contributed by atoms with Gasteiger partial charge in [0.15, 0.2) is 36.8 Å². The van der Waals surface area contributed by atoms with Crippen LogP contribution in [0, 0.1) is 0 Å². The molecular formula is C32H40O19S. The second-order valence-corrected chi connectivity index (χ2v) is 13.5. The maximum atomic E-state index is 14.0. The zero-order valence-electron chi connectivity index (χ0n) is 29.2. The molecule has 20 heteroatoms. The summed E-state index contributed by atoms with van der Waals surface area (Å²) in [6.07, 6.45) is -15.7. The van der Waals surface area contributed by atoms with Crippen molar-refractivity contribution in [1.82, 2.24) is 0 Å². The maximum Gasteiger partial charge on any atom is 0.303 e. The molecule has 0 saturated carbocycles. The molecule has 52 heavy (non-hydrogen) atoms. The highest BCUT2D eigenvalue weighted by Gasteiger charge is 2.59. The van der Waals surface area contributed by atoms with Crippen LogP contribution in [0.2, 0.25) is 0 Å². The lowest BCUT2D eigenvalue weighted by atomic mass is 9.96. The lowest BCUT2D eigenvalue weighted by molar-refractivity contribution is -0.341. The third kappa shape index (κ3) is 11.2. The molecule has 2 aliphatic heterocycles. The summed E-state index contributed by atoms with van der Waals surface area (Å²) in [4.78, 5) is 85.3. The summed E-state index contributed by atoms with van der Waals surface area (Å²) >= 11 is 0. The first-order chi connectivity index (χ1) is 24.3. The first-order valence-corrected chi connectivity index (χ1v) is 17.2. The lowest BCUT2D eigenvalue weighted by Crippen LogP contribution is -2.67. The van der Waals surface area contributed by atoms with E-state index in [0.29, 0.717) is 0 Å². The minimum absolute atomic E-state index is 0.274. The van der Waals surface area contributed by atoms with E-state index in [1.54, 1.807) is 6.07 Å². The van der Waals surface area contributed by atoms with Crippen LogP contribution in [0.1, 0.15) is 48.5 Å². The number of hydrogen-bond donors (Lipinski definition) is 0. The molecule has 1 aromatic carbocycles. The van der Waals surface area contributed by atoms with Crippen molar-refractivity contribution < 1.29 is 89.3 Å². The second kappa shape index (κ2) is 18.2. The molecule has 0 N–H and O–H groups in total. The number of hydrogen-bond acceptors (Lipinski definition) is 19. The highest BCUT2D eigenvalue weighted by molar-refractivity contribution is 7.92. The fourth-order valence-electron chi connectivity index (χ4n) is 5.47. The minimum atomic E-state index is -4.59. The topological polar surface area (TPSA) is 246 Å². The molecule has 2 heterocycles. The number of rotatable bonds is 13. The van der Waals surface area contributed by atoms with Crippen molar-refractivity contribution >= 4 is 51.6 Å². The van der Waals surface area contributed by atoms with Gasteiger partial charge in [-0.15, -0.1) is 0 Å². The Labute approximate surface area is 298 Å². The van der Waals surface area contributed by atoms with Crippen molar-refractivity contribution in [1.29, 1.82) is 0 Å². The Morgan fingerprint density at radius 1 is 0.519 bits per heavy atom. The quantitative estimate of drug-likeness (QED) is 0.191. The molecule has 0 amide bonds. The highest BCUT2D eigenvalue weighted by atomic mass is 32.2. The molecule has 0 aliphatic carbocycles. The molecular weight excluding hydrogens is 720 g/mol. The van der Waals surface area contributed by atoms with Gasteiger partial charge in [0.05, 0.1) is 4.90 Å². The van der Waals surface area contributed by atoms with Crippen LogP contribution in [0.5, 0.6) is 0 Å². The predicted octanol–water partition coefficient (Wildman–Crippen LogP) is 0.0800. The van der Waals surface area contributed by atoms with E-state index in [1.807, 2.05) is 0 Å². The molecule has 0 aromatic heterocycles. The van der Waals surface area contributed by atoms with Gasteiger partial charge in [-0.2, -0.15) is 0 Å². The monoisotopic (exact) mass is 760 g/mol. The Hall–Kier alpha value is -4.66. The highest BCUT2D eigenvalue weighted by Crippen LogP contribution is 2.37. The molecule has 19 nitrogen and oxygen atoms in total. The van der Waals surface area contributed by atoms with Crippen LogP contribution >= 0.6 is 0 Å². The van der Waals surface area contributed by atoms with E-state index in [2.05, 4.69) is 0 Å². The molecule has 10 atom stereocenters. The van der Waals surface area contributed by atoms with Gasteiger partial charge in [-0.1, -0.05) is 18.2 Å². The van der Waals surface area contributed by atoms with Crippen molar-refractivity contribution in [3.8, 4) is 0 Å². The standard InChI is InChI=1S/C32H40O19S/c1-15(33)42-13-23-25(44-17(3)35)27(45-18(4)36)29(47-20(6)38)31(49-23)51-26-24(14-43-16(2)34)50-32(52(40,41)22-11-9-8-10-12-22)30(48-21(7)39)28(26)46-19(5)37/h8-12,23-32H,13-14H2,1-7H3/t23-,24-,25-,26-,27+,28+,29-,30-,31-,32+/m1/s1. The largest absolute Gasteiger partial charge is 0.463 e. The first-order valence-electron chi connectivity index (χ1n) is 15.7. The summed E-state index contributed by atoms with van der Waals surface area (Å²) in [7, 11) is -4.59. The Kier molecular flexibility index (Phi) is 14.6. The van der Waals surface area contributed by atoms with Crippen LogP contribution in [0.15, 0.2) is 35.2 Å². The van der Waals surface area contributed by atoms with Gasteiger partial charge in [0.25, 0.3) is 0 Å². The summed E-state index contributed by atoms with van der Waals surface area (Å²) < 4.78 is 83.6. The van der Waals surface area contributed by atoms with E-state index >= 15 is 0 Å². The fourth-order valence-corrected chi connectivity index (χ4v) is 7.12. The molecule has 2 aliphatic rings. The maximum absolute atomic E-state index is 14.0. The molecule has 0 radical (unpaired) electrons. The number of benzene rings is 1. The van der Waals surface area contributed by atoms with Gasteiger partial charge < -0.3 is 47.4 Å². The normalized spacial score (nSPS) is 28.7. The number of carbonyl (C=O) groups excluding carboxylic acids is 7. The van der Waals surface area contributed by atoms with Gasteiger partial charge in [0.2, 0.25) is 15.3 Å². The fraction of sp³-hybridized carbons (Fsp3) is 0.594. The summed E-state index contributed by atoms with van der Waals surface area (Å²) in [6.45, 7) is 5.67. The molecule has 0 unspecified atom stereocenters. The Morgan fingerprint density at radius 3 is 1.38 bits per heavy atom. The number of carbonyl (C=O) groups is 7. The zero-order chi connectivity index (χ0) is 38.9. The van der Waals surface area contributed by atoms with Crippen LogP contribution in [0.4, 0.5) is 0 Å². The van der Waals surface area contributed by atoms with Gasteiger partial charge in [0.1, 0.15) is 31.5 Å². The van der Waals surface area contributed by atoms with Crippen molar-refractivity contribution in [2.45, 2.75) is 114 Å². The van der Waals surface area contributed by atoms with Gasteiger partial charge in [0, 0.05) is 48.5 Å². The summed E-state index contributed by atoms with van der Waals surface area (Å²) in [5.41, 5.74) is -2.08. The Balaban J connectivity index is 2.24. The summed E-state index contributed by atoms with van der Waals surface area (Å²) in [5, 5.41) is 0. The average Bonchev–Trinajstić information content (AvgIpc) is 3.03. The predicted molar refractivity (Wildman–Crippen MR) is 167 cm³/mol. The molecule has 2 fully saturated rings. The summed E-state index contributed by atoms with van der Waals surface area (Å²) in [5.74, 6) is -6.49. The zero-order valence-corrected chi connectivity index (χ0v) is 30.1. The van der Waals surface area contributed by atoms with E-state index < -0.39 is 125 Å². The average molecular weight is 761 g/mol. The number of esters is 7. The van der Waals surface area contributed by atoms with Crippen LogP contribution in [-0.4, -0.2) is 124 Å². The minimum Gasteiger partial charge on any atom is -0.463 e. The SMILES string of the molecule is CC(=O)OC[C@H]1O[C@@H](S(=O)(=O)c2ccccc2)[C@H](OC(C)=O)[C@@H](OC(C)=O)[C@@H]1O[C@H]1O[C@H](COC(C)=O)[C@@H](OC(C)=O)[C@H](OC(C)=O)[C@H]1OC(C)=O. The number of sulfone groups is 1. The smallest absolute Gasteiger partial charge is 0.303 e. The first kappa shape index (κ1) is 41.8. The number of ether oxygens (including phenoxy) is 10. The lowest BCUT2D eigenvalue weighted by Gasteiger charge is -2.48.